The van der Waals surface area contributed by atoms with Crippen LogP contribution in [0.5, 0.6) is 5.75 Å². The molecule has 1 aromatic rings. The molecule has 0 radical (unpaired) electrons. The minimum atomic E-state index is -4.22. The van der Waals surface area contributed by atoms with Crippen LogP contribution < -0.4 is 0 Å². The molecular weight excluding hydrogens is 394 g/mol. The highest BCUT2D eigenvalue weighted by Gasteiger charge is 2.13. The van der Waals surface area contributed by atoms with Gasteiger partial charge in [-0.25, -0.2) is 9.98 Å². The van der Waals surface area contributed by atoms with Gasteiger partial charge in [0.25, 0.3) is 10.1 Å². The summed E-state index contributed by atoms with van der Waals surface area (Å²) in [4.78, 5) is 10.8. The van der Waals surface area contributed by atoms with E-state index in [-0.39, 0.29) is 10.6 Å². The maximum atomic E-state index is 10.7. The molecule has 1 saturated carbocycles. The second kappa shape index (κ2) is 12.0. The summed E-state index contributed by atoms with van der Waals surface area (Å²) in [6.45, 7) is 7.15. The van der Waals surface area contributed by atoms with Crippen LogP contribution in [0.4, 0.5) is 0 Å². The van der Waals surface area contributed by atoms with Gasteiger partial charge in [-0.05, 0) is 31.4 Å². The highest BCUT2D eigenvalue weighted by Crippen LogP contribution is 2.20. The highest BCUT2D eigenvalue weighted by atomic mass is 32.2. The second-order valence-corrected chi connectivity index (χ2v) is 8.67. The minimum Gasteiger partial charge on any atom is -0.508 e. The Morgan fingerprint density at radius 2 is 1.90 bits per heavy atom. The predicted molar refractivity (Wildman–Crippen MR) is 112 cm³/mol. The number of hydrogen-bond acceptors (Lipinski definition) is 7. The summed E-state index contributed by atoms with van der Waals surface area (Å²) in [7, 11) is -4.22. The van der Waals surface area contributed by atoms with Gasteiger partial charge in [0.1, 0.15) is 10.6 Å². The minimum absolute atomic E-state index is 0.187. The number of aryl methyl sites for hydroxylation is 1. The zero-order valence-corrected chi connectivity index (χ0v) is 17.8. The zero-order chi connectivity index (χ0) is 21.1. The van der Waals surface area contributed by atoms with Crippen LogP contribution in [-0.4, -0.2) is 74.4 Å². The molecule has 0 unspecified atom stereocenters. The lowest BCUT2D eigenvalue weighted by Crippen LogP contribution is -2.37. The number of morpholine rings is 1. The molecule has 0 atom stereocenters. The Hall–Kier alpha value is -1.77. The number of phenolic OH excluding ortho intramolecular Hbond substituents is 1. The van der Waals surface area contributed by atoms with Gasteiger partial charge >= 0.3 is 0 Å². The molecule has 0 bridgehead atoms. The SMILES string of the molecule is C(=NCCN1CCOCC1)=NC1CCCCC1.Cc1ccc(O)cc1S(=O)(=O)O. The van der Waals surface area contributed by atoms with Crippen molar-refractivity contribution in [3.63, 3.8) is 0 Å². The zero-order valence-electron chi connectivity index (χ0n) is 17.0. The lowest BCUT2D eigenvalue weighted by Gasteiger charge is -2.25. The molecule has 1 heterocycles. The van der Waals surface area contributed by atoms with Gasteiger partial charge in [0.15, 0.2) is 0 Å². The van der Waals surface area contributed by atoms with Gasteiger partial charge in [-0.15, -0.1) is 0 Å². The molecule has 3 rings (SSSR count). The molecule has 9 heteroatoms. The average molecular weight is 426 g/mol. The maximum Gasteiger partial charge on any atom is 0.294 e. The van der Waals surface area contributed by atoms with Crippen molar-refractivity contribution in [2.24, 2.45) is 9.98 Å². The molecule has 162 valence electrons. The van der Waals surface area contributed by atoms with E-state index in [1.54, 1.807) is 0 Å². The van der Waals surface area contributed by atoms with Gasteiger partial charge in [0, 0.05) is 25.7 Å². The summed E-state index contributed by atoms with van der Waals surface area (Å²) >= 11 is 0. The summed E-state index contributed by atoms with van der Waals surface area (Å²) in [5, 5.41) is 8.93. The molecule has 1 aliphatic carbocycles. The summed E-state index contributed by atoms with van der Waals surface area (Å²) < 4.78 is 35.3. The van der Waals surface area contributed by atoms with E-state index in [1.807, 2.05) is 0 Å². The normalized spacial score (nSPS) is 18.3. The van der Waals surface area contributed by atoms with Crippen LogP contribution in [0.25, 0.3) is 0 Å². The monoisotopic (exact) mass is 425 g/mol. The first-order valence-electron chi connectivity index (χ1n) is 10.0. The van der Waals surface area contributed by atoms with Gasteiger partial charge < -0.3 is 9.84 Å². The summed E-state index contributed by atoms with van der Waals surface area (Å²) in [6.07, 6.45) is 6.48. The van der Waals surface area contributed by atoms with Crippen LogP contribution in [0.2, 0.25) is 0 Å². The Morgan fingerprint density at radius 1 is 1.21 bits per heavy atom. The summed E-state index contributed by atoms with van der Waals surface area (Å²) in [6, 6.07) is 7.15. The van der Waals surface area contributed by atoms with Crippen LogP contribution in [0.3, 0.4) is 0 Å². The van der Waals surface area contributed by atoms with E-state index in [4.69, 9.17) is 14.4 Å². The third-order valence-corrected chi connectivity index (χ3v) is 5.96. The first-order valence-corrected chi connectivity index (χ1v) is 11.5. The molecule has 0 amide bonds. The Morgan fingerprint density at radius 3 is 2.52 bits per heavy atom. The van der Waals surface area contributed by atoms with Gasteiger partial charge in [0.2, 0.25) is 0 Å². The molecule has 1 aliphatic heterocycles. The van der Waals surface area contributed by atoms with Gasteiger partial charge in [0.05, 0.1) is 31.8 Å². The van der Waals surface area contributed by atoms with E-state index >= 15 is 0 Å². The van der Waals surface area contributed by atoms with Gasteiger partial charge in [-0.1, -0.05) is 25.3 Å². The molecule has 2 fully saturated rings. The molecular formula is C20H31N3O5S. The van der Waals surface area contributed by atoms with Crippen molar-refractivity contribution in [1.29, 1.82) is 0 Å². The van der Waals surface area contributed by atoms with Crippen molar-refractivity contribution in [2.45, 2.75) is 50.0 Å². The first kappa shape index (κ1) is 23.5. The van der Waals surface area contributed by atoms with E-state index in [2.05, 4.69) is 20.9 Å². The number of aromatic hydroxyl groups is 1. The first-order chi connectivity index (χ1) is 13.9. The molecule has 29 heavy (non-hydrogen) atoms. The summed E-state index contributed by atoms with van der Waals surface area (Å²) in [5.74, 6) is -0.187. The fraction of sp³-hybridized carbons (Fsp3) is 0.650. The maximum absolute atomic E-state index is 10.7. The van der Waals surface area contributed by atoms with Crippen LogP contribution >= 0.6 is 0 Å². The van der Waals surface area contributed by atoms with Crippen molar-refractivity contribution in [3.8, 4) is 5.75 Å². The van der Waals surface area contributed by atoms with E-state index in [1.165, 1.54) is 51.2 Å². The van der Waals surface area contributed by atoms with Crippen molar-refractivity contribution < 1.29 is 22.8 Å². The second-order valence-electron chi connectivity index (χ2n) is 7.28. The number of aliphatic imine (C=N–C) groups is 2. The standard InChI is InChI=1S/C13H23N3O.C7H8O4S/c1-2-4-13(5-3-1)15-12-14-6-7-16-8-10-17-11-9-16;1-5-2-3-6(8)4-7(5)12(9,10)11/h13H,1-11H2;2-4,8H,1H3,(H,9,10,11). The third-order valence-electron chi connectivity index (χ3n) is 4.97. The van der Waals surface area contributed by atoms with Gasteiger partial charge in [-0.3, -0.25) is 9.45 Å². The Labute approximate surface area is 173 Å². The van der Waals surface area contributed by atoms with Crippen LogP contribution in [0, 0.1) is 6.92 Å². The highest BCUT2D eigenvalue weighted by molar-refractivity contribution is 7.85. The molecule has 0 spiro atoms. The van der Waals surface area contributed by atoms with E-state index in [9.17, 15) is 8.42 Å². The fourth-order valence-electron chi connectivity index (χ4n) is 3.27. The lowest BCUT2D eigenvalue weighted by atomic mass is 9.96. The average Bonchev–Trinajstić information content (AvgIpc) is 2.71. The third kappa shape index (κ3) is 9.06. The van der Waals surface area contributed by atoms with Crippen molar-refractivity contribution in [3.05, 3.63) is 23.8 Å². The Balaban J connectivity index is 0.000000221. The lowest BCUT2D eigenvalue weighted by molar-refractivity contribution is 0.0395. The van der Waals surface area contributed by atoms with Crippen LogP contribution in [-0.2, 0) is 14.9 Å². The molecule has 2 aliphatic rings. The largest absolute Gasteiger partial charge is 0.508 e. The number of hydrogen-bond donors (Lipinski definition) is 2. The Kier molecular flexibility index (Phi) is 9.76. The number of rotatable bonds is 5. The summed E-state index contributed by atoms with van der Waals surface area (Å²) in [5.41, 5.74) is 0.398. The van der Waals surface area contributed by atoms with Gasteiger partial charge in [-0.2, -0.15) is 8.42 Å². The molecule has 1 aromatic carbocycles. The van der Waals surface area contributed by atoms with E-state index < -0.39 is 10.1 Å². The predicted octanol–water partition coefficient (Wildman–Crippen LogP) is 2.77. The fourth-order valence-corrected chi connectivity index (χ4v) is 4.01. The molecule has 8 nitrogen and oxygen atoms in total. The quantitative estimate of drug-likeness (QED) is 0.554. The number of phenols is 1. The van der Waals surface area contributed by atoms with E-state index in [0.29, 0.717) is 11.6 Å². The van der Waals surface area contributed by atoms with Crippen molar-refractivity contribution in [1.82, 2.24) is 4.90 Å². The smallest absolute Gasteiger partial charge is 0.294 e. The van der Waals surface area contributed by atoms with E-state index in [0.717, 1.165) is 45.5 Å². The van der Waals surface area contributed by atoms with Crippen LogP contribution in [0.15, 0.2) is 33.1 Å². The topological polar surface area (TPSA) is 112 Å². The van der Waals surface area contributed by atoms with Crippen molar-refractivity contribution in [2.75, 3.05) is 39.4 Å². The van der Waals surface area contributed by atoms with Crippen molar-refractivity contribution >= 4 is 16.1 Å². The molecule has 0 aromatic heterocycles. The molecule has 1 saturated heterocycles. The number of ether oxygens (including phenoxy) is 1. The number of nitrogens with zero attached hydrogens (tertiary/aromatic N) is 3. The number of benzene rings is 1. The van der Waals surface area contributed by atoms with Crippen LogP contribution in [0.1, 0.15) is 37.7 Å². The molecule has 2 N–H and O–H groups in total. The Bertz CT molecular complexity index is 794.